The zero-order chi connectivity index (χ0) is 18.7. The van der Waals surface area contributed by atoms with Crippen LogP contribution in [-0.4, -0.2) is 58.3 Å². The zero-order valence-corrected chi connectivity index (χ0v) is 14.1. The lowest BCUT2D eigenvalue weighted by atomic mass is 10.2. The molecule has 0 radical (unpaired) electrons. The van der Waals surface area contributed by atoms with E-state index in [4.69, 9.17) is 0 Å². The number of aryl methyl sites for hydroxylation is 1. The van der Waals surface area contributed by atoms with Crippen molar-refractivity contribution in [1.29, 1.82) is 0 Å². The van der Waals surface area contributed by atoms with Crippen molar-refractivity contribution < 1.29 is 18.4 Å². The molecule has 0 spiro atoms. The maximum absolute atomic E-state index is 13.8. The first-order valence-corrected chi connectivity index (χ1v) is 8.02. The molecule has 2 heterocycles. The third-order valence-corrected chi connectivity index (χ3v) is 4.00. The van der Waals surface area contributed by atoms with Crippen molar-refractivity contribution >= 4 is 23.8 Å². The smallest absolute Gasteiger partial charge is 0.272 e. The molecule has 1 aromatic heterocycles. The summed E-state index contributed by atoms with van der Waals surface area (Å²) in [6, 6.07) is 4.56. The summed E-state index contributed by atoms with van der Waals surface area (Å²) in [7, 11) is 0. The van der Waals surface area contributed by atoms with Crippen molar-refractivity contribution in [3.05, 3.63) is 47.4 Å². The van der Waals surface area contributed by atoms with Crippen molar-refractivity contribution in [1.82, 2.24) is 19.8 Å². The summed E-state index contributed by atoms with van der Waals surface area (Å²) in [5, 5.41) is 2.74. The minimum atomic E-state index is -0.765. The molecule has 9 heteroatoms. The minimum absolute atomic E-state index is 0.0440. The van der Waals surface area contributed by atoms with Gasteiger partial charge in [0.05, 0.1) is 5.69 Å². The Bertz CT molecular complexity index is 838. The van der Waals surface area contributed by atoms with Gasteiger partial charge in [-0.15, -0.1) is 0 Å². The molecule has 2 amide bonds. The Labute approximate surface area is 148 Å². The number of aromatic nitrogens is 2. The molecule has 0 atom stereocenters. The summed E-state index contributed by atoms with van der Waals surface area (Å²) in [5.41, 5.74) is 0.213. The molecule has 1 aliphatic rings. The quantitative estimate of drug-likeness (QED) is 0.839. The fourth-order valence-electron chi connectivity index (χ4n) is 2.66. The molecule has 7 nitrogen and oxygen atoms in total. The number of benzene rings is 1. The van der Waals surface area contributed by atoms with Gasteiger partial charge >= 0.3 is 0 Å². The Kier molecular flexibility index (Phi) is 5.06. The SMILES string of the molecule is Cc1nc(Nc2ccc(F)cc2F)cc(C(=O)N2CCN(C=O)CC2)n1. The Balaban J connectivity index is 1.79. The molecular weight excluding hydrogens is 344 g/mol. The maximum Gasteiger partial charge on any atom is 0.272 e. The summed E-state index contributed by atoms with van der Waals surface area (Å²) < 4.78 is 26.8. The number of rotatable bonds is 4. The number of carbonyl (C=O) groups is 2. The first-order valence-electron chi connectivity index (χ1n) is 8.02. The van der Waals surface area contributed by atoms with Crippen LogP contribution in [0, 0.1) is 18.6 Å². The Morgan fingerprint density at radius 3 is 2.54 bits per heavy atom. The van der Waals surface area contributed by atoms with Gasteiger partial charge in [-0.1, -0.05) is 0 Å². The van der Waals surface area contributed by atoms with Crippen molar-refractivity contribution in [2.24, 2.45) is 0 Å². The van der Waals surface area contributed by atoms with Crippen LogP contribution in [0.25, 0.3) is 0 Å². The van der Waals surface area contributed by atoms with Gasteiger partial charge in [0, 0.05) is 38.3 Å². The van der Waals surface area contributed by atoms with Gasteiger partial charge in [0.25, 0.3) is 5.91 Å². The first kappa shape index (κ1) is 17.7. The van der Waals surface area contributed by atoms with Crippen molar-refractivity contribution in [2.75, 3.05) is 31.5 Å². The van der Waals surface area contributed by atoms with Crippen LogP contribution in [0.3, 0.4) is 0 Å². The highest BCUT2D eigenvalue weighted by Gasteiger charge is 2.23. The number of anilines is 2. The number of halogens is 2. The molecule has 0 aliphatic carbocycles. The molecule has 1 saturated heterocycles. The van der Waals surface area contributed by atoms with E-state index in [0.29, 0.717) is 32.0 Å². The van der Waals surface area contributed by atoms with E-state index in [1.807, 2.05) is 0 Å². The lowest BCUT2D eigenvalue weighted by Crippen LogP contribution is -2.48. The van der Waals surface area contributed by atoms with E-state index < -0.39 is 11.6 Å². The van der Waals surface area contributed by atoms with Gasteiger partial charge < -0.3 is 15.1 Å². The molecule has 1 aromatic carbocycles. The summed E-state index contributed by atoms with van der Waals surface area (Å²) in [4.78, 5) is 34.9. The summed E-state index contributed by atoms with van der Waals surface area (Å²) in [6.45, 7) is 3.37. The molecule has 0 unspecified atom stereocenters. The zero-order valence-electron chi connectivity index (χ0n) is 14.1. The lowest BCUT2D eigenvalue weighted by molar-refractivity contribution is -0.119. The molecule has 26 heavy (non-hydrogen) atoms. The minimum Gasteiger partial charge on any atom is -0.342 e. The highest BCUT2D eigenvalue weighted by molar-refractivity contribution is 5.93. The first-order chi connectivity index (χ1) is 12.5. The number of hydrogen-bond acceptors (Lipinski definition) is 5. The van der Waals surface area contributed by atoms with Gasteiger partial charge in [0.1, 0.15) is 29.0 Å². The molecule has 0 bridgehead atoms. The van der Waals surface area contributed by atoms with Crippen LogP contribution in [0.1, 0.15) is 16.3 Å². The lowest BCUT2D eigenvalue weighted by Gasteiger charge is -2.32. The molecule has 0 saturated carbocycles. The summed E-state index contributed by atoms with van der Waals surface area (Å²) in [6.07, 6.45) is 0.760. The van der Waals surface area contributed by atoms with Gasteiger partial charge in [-0.2, -0.15) is 0 Å². The van der Waals surface area contributed by atoms with E-state index in [0.717, 1.165) is 18.5 Å². The van der Waals surface area contributed by atoms with Gasteiger partial charge in [-0.25, -0.2) is 18.7 Å². The number of nitrogens with zero attached hydrogens (tertiary/aromatic N) is 4. The summed E-state index contributed by atoms with van der Waals surface area (Å²) >= 11 is 0. The second kappa shape index (κ2) is 7.42. The predicted molar refractivity (Wildman–Crippen MR) is 90.0 cm³/mol. The van der Waals surface area contributed by atoms with E-state index >= 15 is 0 Å². The molecule has 3 rings (SSSR count). The van der Waals surface area contributed by atoms with Crippen LogP contribution in [0.5, 0.6) is 0 Å². The predicted octanol–water partition coefficient (Wildman–Crippen LogP) is 1.72. The number of amides is 2. The van der Waals surface area contributed by atoms with E-state index in [2.05, 4.69) is 15.3 Å². The second-order valence-corrected chi connectivity index (χ2v) is 5.87. The van der Waals surface area contributed by atoms with Crippen LogP contribution in [0.2, 0.25) is 0 Å². The molecular formula is C17H17F2N5O2. The van der Waals surface area contributed by atoms with Crippen molar-refractivity contribution in [3.8, 4) is 0 Å². The maximum atomic E-state index is 13.8. The number of piperazine rings is 1. The van der Waals surface area contributed by atoms with E-state index in [-0.39, 0.29) is 23.1 Å². The topological polar surface area (TPSA) is 78.4 Å². The molecule has 1 aliphatic heterocycles. The van der Waals surface area contributed by atoms with Crippen LogP contribution < -0.4 is 5.32 Å². The van der Waals surface area contributed by atoms with Crippen LogP contribution >= 0.6 is 0 Å². The van der Waals surface area contributed by atoms with Gasteiger partial charge in [0.2, 0.25) is 6.41 Å². The molecule has 1 N–H and O–H groups in total. The normalized spacial score (nSPS) is 14.3. The van der Waals surface area contributed by atoms with Crippen molar-refractivity contribution in [3.63, 3.8) is 0 Å². The number of carbonyl (C=O) groups excluding carboxylic acids is 2. The van der Waals surface area contributed by atoms with Crippen LogP contribution in [-0.2, 0) is 4.79 Å². The number of nitrogens with one attached hydrogen (secondary N) is 1. The summed E-state index contributed by atoms with van der Waals surface area (Å²) in [5.74, 6) is -1.16. The van der Waals surface area contributed by atoms with Gasteiger partial charge in [-0.3, -0.25) is 9.59 Å². The third-order valence-electron chi connectivity index (χ3n) is 4.00. The standard InChI is InChI=1S/C17H17F2N5O2/c1-11-20-15(17(26)24-6-4-23(10-25)5-7-24)9-16(21-11)22-14-3-2-12(18)8-13(14)19/h2-3,8-10H,4-7H2,1H3,(H,20,21,22). The largest absolute Gasteiger partial charge is 0.342 e. The highest BCUT2D eigenvalue weighted by atomic mass is 19.1. The Morgan fingerprint density at radius 2 is 1.88 bits per heavy atom. The number of hydrogen-bond donors (Lipinski definition) is 1. The fourth-order valence-corrected chi connectivity index (χ4v) is 2.66. The third kappa shape index (κ3) is 3.93. The molecule has 2 aromatic rings. The van der Waals surface area contributed by atoms with E-state index in [1.165, 1.54) is 12.1 Å². The molecule has 136 valence electrons. The van der Waals surface area contributed by atoms with E-state index in [1.54, 1.807) is 16.7 Å². The Morgan fingerprint density at radius 1 is 1.15 bits per heavy atom. The second-order valence-electron chi connectivity index (χ2n) is 5.87. The highest BCUT2D eigenvalue weighted by Crippen LogP contribution is 2.20. The van der Waals surface area contributed by atoms with Gasteiger partial charge in [-0.05, 0) is 19.1 Å². The average molecular weight is 361 g/mol. The van der Waals surface area contributed by atoms with Crippen molar-refractivity contribution in [2.45, 2.75) is 6.92 Å². The monoisotopic (exact) mass is 361 g/mol. The Hall–Kier alpha value is -3.10. The van der Waals surface area contributed by atoms with Crippen LogP contribution in [0.15, 0.2) is 24.3 Å². The fraction of sp³-hybridized carbons (Fsp3) is 0.294. The average Bonchev–Trinajstić information content (AvgIpc) is 2.63. The molecule has 1 fully saturated rings. The van der Waals surface area contributed by atoms with E-state index in [9.17, 15) is 18.4 Å². The van der Waals surface area contributed by atoms with Gasteiger partial charge in [0.15, 0.2) is 0 Å². The van der Waals surface area contributed by atoms with Crippen LogP contribution in [0.4, 0.5) is 20.3 Å².